The normalized spacial score (nSPS) is 20.5. The van der Waals surface area contributed by atoms with Gasteiger partial charge in [0.15, 0.2) is 0 Å². The standard InChI is InChI=1S/C19H27FN2O2/c1-3-4-13-22(2)19(24)15-11-9-14(10-12-15)18(23)21-17-8-6-5-7-16(17)20/h5-8,14-15H,3-4,9-13H2,1-2H3,(H,21,23). The Morgan fingerprint density at radius 2 is 1.79 bits per heavy atom. The Balaban J connectivity index is 1.83. The molecule has 0 heterocycles. The van der Waals surface area contributed by atoms with Crippen molar-refractivity contribution in [1.82, 2.24) is 4.90 Å². The molecule has 0 saturated heterocycles. The Hall–Kier alpha value is -1.91. The highest BCUT2D eigenvalue weighted by atomic mass is 19.1. The first kappa shape index (κ1) is 18.4. The zero-order valence-corrected chi connectivity index (χ0v) is 14.6. The number of nitrogens with zero attached hydrogens (tertiary/aromatic N) is 1. The minimum atomic E-state index is -0.424. The van der Waals surface area contributed by atoms with E-state index in [9.17, 15) is 14.0 Å². The van der Waals surface area contributed by atoms with Gasteiger partial charge < -0.3 is 10.2 Å². The average Bonchev–Trinajstić information content (AvgIpc) is 2.61. The molecule has 0 unspecified atom stereocenters. The van der Waals surface area contributed by atoms with Crippen molar-refractivity contribution < 1.29 is 14.0 Å². The third kappa shape index (κ3) is 4.79. The van der Waals surface area contributed by atoms with E-state index in [4.69, 9.17) is 0 Å². The number of para-hydroxylation sites is 1. The topological polar surface area (TPSA) is 49.4 Å². The Bertz CT molecular complexity index is 568. The van der Waals surface area contributed by atoms with E-state index in [0.717, 1.165) is 32.2 Å². The smallest absolute Gasteiger partial charge is 0.227 e. The lowest BCUT2D eigenvalue weighted by Gasteiger charge is -2.30. The Morgan fingerprint density at radius 3 is 2.42 bits per heavy atom. The lowest BCUT2D eigenvalue weighted by molar-refractivity contribution is -0.136. The summed E-state index contributed by atoms with van der Waals surface area (Å²) in [7, 11) is 1.86. The van der Waals surface area contributed by atoms with Gasteiger partial charge in [-0.05, 0) is 44.2 Å². The highest BCUT2D eigenvalue weighted by molar-refractivity contribution is 5.92. The van der Waals surface area contributed by atoms with Crippen molar-refractivity contribution in [3.63, 3.8) is 0 Å². The van der Waals surface area contributed by atoms with Crippen LogP contribution in [0.15, 0.2) is 24.3 Å². The number of hydrogen-bond donors (Lipinski definition) is 1. The second-order valence-corrected chi connectivity index (χ2v) is 6.63. The van der Waals surface area contributed by atoms with Crippen molar-refractivity contribution in [2.75, 3.05) is 18.9 Å². The van der Waals surface area contributed by atoms with E-state index in [2.05, 4.69) is 12.2 Å². The van der Waals surface area contributed by atoms with Gasteiger partial charge in [-0.3, -0.25) is 9.59 Å². The molecule has 1 fully saturated rings. The second kappa shape index (κ2) is 8.81. The first-order valence-electron chi connectivity index (χ1n) is 8.83. The maximum Gasteiger partial charge on any atom is 0.227 e. The predicted molar refractivity (Wildman–Crippen MR) is 93.0 cm³/mol. The molecule has 1 aromatic rings. The van der Waals surface area contributed by atoms with E-state index in [1.807, 2.05) is 11.9 Å². The summed E-state index contributed by atoms with van der Waals surface area (Å²) in [6.45, 7) is 2.90. The van der Waals surface area contributed by atoms with Crippen LogP contribution in [0.2, 0.25) is 0 Å². The van der Waals surface area contributed by atoms with Gasteiger partial charge in [0.1, 0.15) is 5.82 Å². The van der Waals surface area contributed by atoms with Gasteiger partial charge in [-0.2, -0.15) is 0 Å². The summed E-state index contributed by atoms with van der Waals surface area (Å²) in [6, 6.07) is 6.18. The molecule has 0 aliphatic heterocycles. The zero-order valence-electron chi connectivity index (χ0n) is 14.6. The molecular formula is C19H27FN2O2. The van der Waals surface area contributed by atoms with Crippen molar-refractivity contribution in [2.24, 2.45) is 11.8 Å². The molecule has 4 nitrogen and oxygen atoms in total. The number of amides is 2. The molecule has 0 spiro atoms. The van der Waals surface area contributed by atoms with Crippen LogP contribution in [-0.4, -0.2) is 30.3 Å². The molecule has 2 rings (SSSR count). The monoisotopic (exact) mass is 334 g/mol. The van der Waals surface area contributed by atoms with Crippen LogP contribution in [0, 0.1) is 17.7 Å². The lowest BCUT2D eigenvalue weighted by Crippen LogP contribution is -2.37. The van der Waals surface area contributed by atoms with Crippen molar-refractivity contribution in [3.8, 4) is 0 Å². The van der Waals surface area contributed by atoms with Gasteiger partial charge in [0.2, 0.25) is 11.8 Å². The maximum atomic E-state index is 13.6. The number of carbonyl (C=O) groups excluding carboxylic acids is 2. The molecule has 0 aromatic heterocycles. The maximum absolute atomic E-state index is 13.6. The molecule has 1 aromatic carbocycles. The number of anilines is 1. The largest absolute Gasteiger partial charge is 0.346 e. The van der Waals surface area contributed by atoms with E-state index in [1.165, 1.54) is 6.07 Å². The third-order valence-electron chi connectivity index (χ3n) is 4.80. The van der Waals surface area contributed by atoms with E-state index >= 15 is 0 Å². The number of benzene rings is 1. The van der Waals surface area contributed by atoms with Gasteiger partial charge in [-0.25, -0.2) is 4.39 Å². The van der Waals surface area contributed by atoms with E-state index in [0.29, 0.717) is 12.8 Å². The van der Waals surface area contributed by atoms with Crippen LogP contribution in [0.3, 0.4) is 0 Å². The Kier molecular flexibility index (Phi) is 6.76. The summed E-state index contributed by atoms with van der Waals surface area (Å²) < 4.78 is 13.6. The molecule has 1 N–H and O–H groups in total. The average molecular weight is 334 g/mol. The predicted octanol–water partition coefficient (Wildman–Crippen LogP) is 3.83. The fraction of sp³-hybridized carbons (Fsp3) is 0.579. The number of nitrogens with one attached hydrogen (secondary N) is 1. The number of hydrogen-bond acceptors (Lipinski definition) is 2. The van der Waals surface area contributed by atoms with Crippen LogP contribution < -0.4 is 5.32 Å². The molecular weight excluding hydrogens is 307 g/mol. The second-order valence-electron chi connectivity index (χ2n) is 6.63. The van der Waals surface area contributed by atoms with E-state index in [1.54, 1.807) is 18.2 Å². The number of rotatable bonds is 6. The molecule has 0 radical (unpaired) electrons. The number of unbranched alkanes of at least 4 members (excludes halogenated alkanes) is 1. The minimum absolute atomic E-state index is 0.0179. The molecule has 2 amide bonds. The zero-order chi connectivity index (χ0) is 17.5. The number of carbonyl (C=O) groups is 2. The van der Waals surface area contributed by atoms with Crippen LogP contribution in [-0.2, 0) is 9.59 Å². The van der Waals surface area contributed by atoms with Crippen LogP contribution in [0.1, 0.15) is 45.4 Å². The van der Waals surface area contributed by atoms with Crippen molar-refractivity contribution in [2.45, 2.75) is 45.4 Å². The molecule has 5 heteroatoms. The highest BCUT2D eigenvalue weighted by Crippen LogP contribution is 2.31. The van der Waals surface area contributed by atoms with Gasteiger partial charge in [0.25, 0.3) is 0 Å². The summed E-state index contributed by atoms with van der Waals surface area (Å²) in [5, 5.41) is 2.67. The van der Waals surface area contributed by atoms with E-state index < -0.39 is 5.82 Å². The molecule has 0 atom stereocenters. The molecule has 0 bridgehead atoms. The van der Waals surface area contributed by atoms with Crippen molar-refractivity contribution in [1.29, 1.82) is 0 Å². The third-order valence-corrected chi connectivity index (χ3v) is 4.80. The van der Waals surface area contributed by atoms with Crippen LogP contribution >= 0.6 is 0 Å². The van der Waals surface area contributed by atoms with Gasteiger partial charge in [0, 0.05) is 25.4 Å². The fourth-order valence-corrected chi connectivity index (χ4v) is 3.22. The van der Waals surface area contributed by atoms with E-state index in [-0.39, 0.29) is 29.3 Å². The number of halogens is 1. The summed E-state index contributed by atoms with van der Waals surface area (Å²) in [4.78, 5) is 26.5. The molecule has 132 valence electrons. The summed E-state index contributed by atoms with van der Waals surface area (Å²) in [6.07, 6.45) is 4.90. The first-order valence-corrected chi connectivity index (χ1v) is 8.83. The van der Waals surface area contributed by atoms with Crippen molar-refractivity contribution >= 4 is 17.5 Å². The van der Waals surface area contributed by atoms with Gasteiger partial charge >= 0.3 is 0 Å². The fourth-order valence-electron chi connectivity index (χ4n) is 3.22. The summed E-state index contributed by atoms with van der Waals surface area (Å²) in [5.41, 5.74) is 0.222. The quantitative estimate of drug-likeness (QED) is 0.859. The van der Waals surface area contributed by atoms with Crippen LogP contribution in [0.25, 0.3) is 0 Å². The van der Waals surface area contributed by atoms with Crippen LogP contribution in [0.5, 0.6) is 0 Å². The summed E-state index contributed by atoms with van der Waals surface area (Å²) >= 11 is 0. The molecule has 1 saturated carbocycles. The van der Waals surface area contributed by atoms with Crippen molar-refractivity contribution in [3.05, 3.63) is 30.1 Å². The lowest BCUT2D eigenvalue weighted by atomic mass is 9.81. The minimum Gasteiger partial charge on any atom is -0.346 e. The first-order chi connectivity index (χ1) is 11.5. The molecule has 1 aliphatic carbocycles. The molecule has 1 aliphatic rings. The Morgan fingerprint density at radius 1 is 1.17 bits per heavy atom. The van der Waals surface area contributed by atoms with Gasteiger partial charge in [0.05, 0.1) is 5.69 Å². The summed E-state index contributed by atoms with van der Waals surface area (Å²) in [5.74, 6) is -0.506. The van der Waals surface area contributed by atoms with Crippen LogP contribution in [0.4, 0.5) is 10.1 Å². The van der Waals surface area contributed by atoms with Gasteiger partial charge in [-0.15, -0.1) is 0 Å². The molecule has 24 heavy (non-hydrogen) atoms. The van der Waals surface area contributed by atoms with Gasteiger partial charge in [-0.1, -0.05) is 25.5 Å². The Labute approximate surface area is 143 Å². The SMILES string of the molecule is CCCCN(C)C(=O)C1CCC(C(=O)Nc2ccccc2F)CC1. The highest BCUT2D eigenvalue weighted by Gasteiger charge is 2.31.